The van der Waals surface area contributed by atoms with Crippen molar-refractivity contribution in [1.29, 1.82) is 0 Å². The fourth-order valence-electron chi connectivity index (χ4n) is 3.04. The van der Waals surface area contributed by atoms with E-state index in [1.807, 2.05) is 6.07 Å². The minimum atomic E-state index is -1.20. The molecule has 0 saturated carbocycles. The summed E-state index contributed by atoms with van der Waals surface area (Å²) in [6.07, 6.45) is 0.291. The molecule has 27 heavy (non-hydrogen) atoms. The van der Waals surface area contributed by atoms with Gasteiger partial charge in [-0.15, -0.1) is 0 Å². The Morgan fingerprint density at radius 1 is 1.11 bits per heavy atom. The third-order valence-electron chi connectivity index (χ3n) is 4.47. The SMILES string of the molecule is CC[C@@]1(c2ccccc2)NC(=O)N(NC(=O)Cc2ccc(Cl)c(Cl)c2)C1=O. The van der Waals surface area contributed by atoms with E-state index < -0.39 is 23.4 Å². The number of urea groups is 1. The summed E-state index contributed by atoms with van der Waals surface area (Å²) in [6, 6.07) is 13.1. The molecule has 2 N–H and O–H groups in total. The van der Waals surface area contributed by atoms with Gasteiger partial charge in [-0.3, -0.25) is 15.0 Å². The molecule has 2 aromatic carbocycles. The minimum Gasteiger partial charge on any atom is -0.318 e. The number of carbonyl (C=O) groups is 3. The highest BCUT2D eigenvalue weighted by atomic mass is 35.5. The first-order valence-electron chi connectivity index (χ1n) is 8.33. The summed E-state index contributed by atoms with van der Waals surface area (Å²) >= 11 is 11.8. The Bertz CT molecular complexity index is 904. The van der Waals surface area contributed by atoms with Crippen LogP contribution in [0.4, 0.5) is 4.79 Å². The van der Waals surface area contributed by atoms with Crippen LogP contribution in [-0.4, -0.2) is 22.9 Å². The zero-order valence-electron chi connectivity index (χ0n) is 14.5. The summed E-state index contributed by atoms with van der Waals surface area (Å²) in [5, 5.41) is 4.14. The van der Waals surface area contributed by atoms with E-state index in [4.69, 9.17) is 23.2 Å². The molecule has 0 bridgehead atoms. The number of carbonyl (C=O) groups excluding carboxylic acids is 3. The molecular formula is C19H17Cl2N3O3. The number of amides is 4. The second-order valence-electron chi connectivity index (χ2n) is 6.16. The van der Waals surface area contributed by atoms with E-state index in [0.29, 0.717) is 27.6 Å². The van der Waals surface area contributed by atoms with Crippen LogP contribution in [0.5, 0.6) is 0 Å². The Morgan fingerprint density at radius 3 is 2.44 bits per heavy atom. The Kier molecular flexibility index (Phi) is 5.39. The highest BCUT2D eigenvalue weighted by Crippen LogP contribution is 2.31. The Labute approximate surface area is 166 Å². The molecular weight excluding hydrogens is 389 g/mol. The zero-order chi connectivity index (χ0) is 19.6. The summed E-state index contributed by atoms with van der Waals surface area (Å²) in [7, 11) is 0. The van der Waals surface area contributed by atoms with Gasteiger partial charge in [-0.25, -0.2) is 4.79 Å². The van der Waals surface area contributed by atoms with Crippen LogP contribution in [0.15, 0.2) is 48.5 Å². The number of nitrogens with one attached hydrogen (secondary N) is 2. The van der Waals surface area contributed by atoms with Gasteiger partial charge in [0.2, 0.25) is 5.91 Å². The van der Waals surface area contributed by atoms with Crippen LogP contribution in [0, 0.1) is 0 Å². The summed E-state index contributed by atoms with van der Waals surface area (Å²) in [4.78, 5) is 37.6. The first kappa shape index (κ1) is 19.2. The van der Waals surface area contributed by atoms with Gasteiger partial charge < -0.3 is 5.32 Å². The standard InChI is InChI=1S/C19H17Cl2N3O3/c1-2-19(13-6-4-3-5-7-13)17(26)24(18(27)22-19)23-16(25)11-12-8-9-14(20)15(21)10-12/h3-10H,2,11H2,1H3,(H,22,27)(H,23,25)/t19-/m0/s1. The molecule has 0 spiro atoms. The normalized spacial score (nSPS) is 19.1. The van der Waals surface area contributed by atoms with Crippen molar-refractivity contribution >= 4 is 41.0 Å². The molecule has 3 rings (SSSR count). The zero-order valence-corrected chi connectivity index (χ0v) is 16.0. The van der Waals surface area contributed by atoms with Gasteiger partial charge in [0.25, 0.3) is 5.91 Å². The molecule has 1 saturated heterocycles. The third-order valence-corrected chi connectivity index (χ3v) is 5.21. The van der Waals surface area contributed by atoms with Crippen molar-refractivity contribution in [2.75, 3.05) is 0 Å². The van der Waals surface area contributed by atoms with Crippen molar-refractivity contribution < 1.29 is 14.4 Å². The van der Waals surface area contributed by atoms with Gasteiger partial charge in [-0.05, 0) is 29.7 Å². The number of hydrazine groups is 1. The van der Waals surface area contributed by atoms with Crippen LogP contribution >= 0.6 is 23.2 Å². The van der Waals surface area contributed by atoms with E-state index in [0.717, 1.165) is 5.01 Å². The van der Waals surface area contributed by atoms with E-state index >= 15 is 0 Å². The number of hydrogen-bond donors (Lipinski definition) is 2. The molecule has 0 unspecified atom stereocenters. The largest absolute Gasteiger partial charge is 0.344 e. The van der Waals surface area contributed by atoms with Gasteiger partial charge in [0, 0.05) is 0 Å². The second kappa shape index (κ2) is 7.58. The molecule has 1 aliphatic rings. The maximum atomic E-state index is 12.9. The lowest BCUT2D eigenvalue weighted by Crippen LogP contribution is -2.49. The maximum absolute atomic E-state index is 12.9. The van der Waals surface area contributed by atoms with Crippen molar-refractivity contribution in [3.8, 4) is 0 Å². The molecule has 0 radical (unpaired) electrons. The topological polar surface area (TPSA) is 78.5 Å². The van der Waals surface area contributed by atoms with Crippen molar-refractivity contribution in [3.05, 3.63) is 69.7 Å². The molecule has 1 heterocycles. The average Bonchev–Trinajstić information content (AvgIpc) is 2.90. The highest BCUT2D eigenvalue weighted by Gasteiger charge is 2.52. The molecule has 1 aliphatic heterocycles. The van der Waals surface area contributed by atoms with E-state index in [-0.39, 0.29) is 6.42 Å². The van der Waals surface area contributed by atoms with Crippen LogP contribution in [0.25, 0.3) is 0 Å². The molecule has 6 nitrogen and oxygen atoms in total. The molecule has 140 valence electrons. The minimum absolute atomic E-state index is 0.0571. The van der Waals surface area contributed by atoms with Gasteiger partial charge >= 0.3 is 6.03 Å². The monoisotopic (exact) mass is 405 g/mol. The van der Waals surface area contributed by atoms with Crippen LogP contribution in [0.3, 0.4) is 0 Å². The number of rotatable bonds is 5. The average molecular weight is 406 g/mol. The van der Waals surface area contributed by atoms with Gasteiger partial charge in [0.05, 0.1) is 16.5 Å². The quantitative estimate of drug-likeness (QED) is 0.747. The highest BCUT2D eigenvalue weighted by molar-refractivity contribution is 6.42. The Hall–Kier alpha value is -2.57. The van der Waals surface area contributed by atoms with Crippen molar-refractivity contribution in [1.82, 2.24) is 15.8 Å². The van der Waals surface area contributed by atoms with E-state index in [1.165, 1.54) is 0 Å². The lowest BCUT2D eigenvalue weighted by molar-refractivity contribution is -0.139. The van der Waals surface area contributed by atoms with Crippen molar-refractivity contribution in [2.45, 2.75) is 25.3 Å². The first-order valence-corrected chi connectivity index (χ1v) is 9.08. The van der Waals surface area contributed by atoms with Crippen molar-refractivity contribution in [3.63, 3.8) is 0 Å². The van der Waals surface area contributed by atoms with E-state index in [1.54, 1.807) is 49.4 Å². The fraction of sp³-hybridized carbons (Fsp3) is 0.211. The number of hydrogen-bond acceptors (Lipinski definition) is 3. The first-order chi connectivity index (χ1) is 12.9. The molecule has 8 heteroatoms. The second-order valence-corrected chi connectivity index (χ2v) is 6.97. The predicted octanol–water partition coefficient (Wildman–Crippen LogP) is 3.42. The molecule has 1 atom stereocenters. The van der Waals surface area contributed by atoms with Gasteiger partial charge in [-0.1, -0.05) is 66.5 Å². The van der Waals surface area contributed by atoms with Gasteiger partial charge in [-0.2, -0.15) is 5.01 Å². The van der Waals surface area contributed by atoms with Gasteiger partial charge in [0.15, 0.2) is 0 Å². The van der Waals surface area contributed by atoms with Crippen LogP contribution < -0.4 is 10.7 Å². The molecule has 0 aromatic heterocycles. The summed E-state index contributed by atoms with van der Waals surface area (Å²) in [5.41, 5.74) is 2.45. The van der Waals surface area contributed by atoms with Crippen molar-refractivity contribution in [2.24, 2.45) is 0 Å². The third kappa shape index (κ3) is 3.63. The lowest BCUT2D eigenvalue weighted by atomic mass is 9.87. The molecule has 0 aliphatic carbocycles. The Balaban J connectivity index is 1.77. The molecule has 4 amide bonds. The maximum Gasteiger partial charge on any atom is 0.344 e. The predicted molar refractivity (Wildman–Crippen MR) is 102 cm³/mol. The van der Waals surface area contributed by atoms with Crippen LogP contribution in [0.2, 0.25) is 10.0 Å². The number of benzene rings is 2. The number of imide groups is 1. The molecule has 2 aromatic rings. The number of nitrogens with zero attached hydrogens (tertiary/aromatic N) is 1. The molecule has 1 fully saturated rings. The van der Waals surface area contributed by atoms with Gasteiger partial charge in [0.1, 0.15) is 5.54 Å². The Morgan fingerprint density at radius 2 is 1.81 bits per heavy atom. The fourth-order valence-corrected chi connectivity index (χ4v) is 3.36. The summed E-state index contributed by atoms with van der Waals surface area (Å²) < 4.78 is 0. The summed E-state index contributed by atoms with van der Waals surface area (Å²) in [6.45, 7) is 1.80. The van der Waals surface area contributed by atoms with E-state index in [9.17, 15) is 14.4 Å². The van der Waals surface area contributed by atoms with Crippen LogP contribution in [-0.2, 0) is 21.5 Å². The number of halogens is 2. The van der Waals surface area contributed by atoms with Crippen LogP contribution in [0.1, 0.15) is 24.5 Å². The lowest BCUT2D eigenvalue weighted by Gasteiger charge is -2.25. The van der Waals surface area contributed by atoms with E-state index in [2.05, 4.69) is 10.7 Å². The summed E-state index contributed by atoms with van der Waals surface area (Å²) in [5.74, 6) is -1.04. The smallest absolute Gasteiger partial charge is 0.318 e.